The molecule has 0 atom stereocenters. The highest BCUT2D eigenvalue weighted by Crippen LogP contribution is 2.32. The molecule has 0 unspecified atom stereocenters. The molecule has 1 aliphatic rings. The highest BCUT2D eigenvalue weighted by molar-refractivity contribution is 6.34. The molecule has 6 nitrogen and oxygen atoms in total. The van der Waals surface area contributed by atoms with Crippen LogP contribution in [0.5, 0.6) is 5.75 Å². The number of nitrogens with one attached hydrogen (secondary N) is 1. The summed E-state index contributed by atoms with van der Waals surface area (Å²) in [5.41, 5.74) is 3.00. The van der Waals surface area contributed by atoms with Crippen molar-refractivity contribution in [2.45, 2.75) is 0 Å². The molecule has 2 heterocycles. The van der Waals surface area contributed by atoms with Crippen LogP contribution in [0.3, 0.4) is 0 Å². The van der Waals surface area contributed by atoms with E-state index >= 15 is 0 Å². The summed E-state index contributed by atoms with van der Waals surface area (Å²) in [6.07, 6.45) is 1.67. The highest BCUT2D eigenvalue weighted by Gasteiger charge is 2.24. The van der Waals surface area contributed by atoms with E-state index in [2.05, 4.69) is 5.32 Å². The van der Waals surface area contributed by atoms with Crippen molar-refractivity contribution in [3.63, 3.8) is 0 Å². The van der Waals surface area contributed by atoms with Crippen LogP contribution in [0.1, 0.15) is 11.4 Å². The Morgan fingerprint density at radius 1 is 0.933 bits per heavy atom. The zero-order valence-corrected chi connectivity index (χ0v) is 16.1. The molecule has 1 aliphatic heterocycles. The molecule has 6 heteroatoms. The van der Waals surface area contributed by atoms with Gasteiger partial charge in [-0.15, -0.1) is 0 Å². The molecule has 0 radical (unpaired) electrons. The van der Waals surface area contributed by atoms with Gasteiger partial charge in [0, 0.05) is 11.3 Å². The van der Waals surface area contributed by atoms with Crippen LogP contribution < -0.4 is 15.6 Å². The molecular weight excluding hydrogens is 378 g/mol. The third kappa shape index (κ3) is 2.86. The number of carbonyl (C=O) groups is 1. The predicted octanol–water partition coefficient (Wildman–Crippen LogP) is 3.89. The largest absolute Gasteiger partial charge is 0.497 e. The van der Waals surface area contributed by atoms with E-state index in [0.29, 0.717) is 33.7 Å². The Kier molecular flexibility index (Phi) is 4.17. The summed E-state index contributed by atoms with van der Waals surface area (Å²) in [5.74, 6) is 0.843. The van der Waals surface area contributed by atoms with Gasteiger partial charge in [0.25, 0.3) is 11.5 Å². The first kappa shape index (κ1) is 17.9. The van der Waals surface area contributed by atoms with Crippen LogP contribution in [-0.4, -0.2) is 22.6 Å². The number of hydrogen-bond donors (Lipinski definition) is 1. The fourth-order valence-electron chi connectivity index (χ4n) is 3.64. The first-order chi connectivity index (χ1) is 14.7. The zero-order chi connectivity index (χ0) is 20.7. The molecule has 0 saturated carbocycles. The molecule has 146 valence electrons. The lowest BCUT2D eigenvalue weighted by molar-refractivity contribution is -0.110. The average molecular weight is 395 g/mol. The Bertz CT molecular complexity index is 1390. The summed E-state index contributed by atoms with van der Waals surface area (Å²) in [7, 11) is 1.59. The normalized spacial score (nSPS) is 14.0. The van der Waals surface area contributed by atoms with Crippen molar-refractivity contribution in [3.05, 3.63) is 94.5 Å². The molecule has 1 aromatic heterocycles. The maximum absolute atomic E-state index is 13.4. The maximum Gasteiger partial charge on any atom is 0.266 e. The van der Waals surface area contributed by atoms with Crippen LogP contribution in [0.2, 0.25) is 0 Å². The second-order valence-electron chi connectivity index (χ2n) is 6.88. The summed E-state index contributed by atoms with van der Waals surface area (Å²) in [6.45, 7) is 0. The van der Waals surface area contributed by atoms with Crippen molar-refractivity contribution in [2.75, 3.05) is 12.4 Å². The number of rotatable bonds is 3. The monoisotopic (exact) mass is 395 g/mol. The van der Waals surface area contributed by atoms with Crippen molar-refractivity contribution in [2.24, 2.45) is 0 Å². The Morgan fingerprint density at radius 3 is 2.47 bits per heavy atom. The number of benzene rings is 3. The summed E-state index contributed by atoms with van der Waals surface area (Å²) in [4.78, 5) is 30.7. The third-order valence-electron chi connectivity index (χ3n) is 5.12. The van der Waals surface area contributed by atoms with Gasteiger partial charge in [0.2, 0.25) is 0 Å². The number of methoxy groups -OCH3 is 1. The Morgan fingerprint density at radius 2 is 1.67 bits per heavy atom. The number of nitrogens with zero attached hydrogens (tertiary/aromatic N) is 2. The van der Waals surface area contributed by atoms with Crippen LogP contribution in [0.15, 0.2) is 77.6 Å². The van der Waals surface area contributed by atoms with Gasteiger partial charge in [0.15, 0.2) is 0 Å². The molecule has 0 bridgehead atoms. The first-order valence-corrected chi connectivity index (χ1v) is 9.44. The van der Waals surface area contributed by atoms with Crippen molar-refractivity contribution >= 4 is 34.1 Å². The van der Waals surface area contributed by atoms with E-state index < -0.39 is 0 Å². The second-order valence-corrected chi connectivity index (χ2v) is 6.88. The predicted molar refractivity (Wildman–Crippen MR) is 117 cm³/mol. The second kappa shape index (κ2) is 7.00. The first-order valence-electron chi connectivity index (χ1n) is 9.44. The van der Waals surface area contributed by atoms with Gasteiger partial charge in [-0.05, 0) is 48.5 Å². The van der Waals surface area contributed by atoms with E-state index in [-0.39, 0.29) is 11.5 Å². The van der Waals surface area contributed by atoms with Crippen LogP contribution in [-0.2, 0) is 4.79 Å². The molecule has 0 spiro atoms. The molecule has 0 saturated heterocycles. The summed E-state index contributed by atoms with van der Waals surface area (Å²) < 4.78 is 6.75. The van der Waals surface area contributed by atoms with Crippen LogP contribution in [0, 0.1) is 0 Å². The Hall–Kier alpha value is -4.19. The van der Waals surface area contributed by atoms with Gasteiger partial charge in [0.05, 0.1) is 29.3 Å². The van der Waals surface area contributed by atoms with Gasteiger partial charge in [-0.2, -0.15) is 0 Å². The molecule has 5 rings (SSSR count). The van der Waals surface area contributed by atoms with E-state index in [1.54, 1.807) is 49.6 Å². The van der Waals surface area contributed by atoms with Crippen molar-refractivity contribution in [1.29, 1.82) is 0 Å². The molecule has 30 heavy (non-hydrogen) atoms. The van der Waals surface area contributed by atoms with Crippen LogP contribution >= 0.6 is 0 Å². The lowest BCUT2D eigenvalue weighted by Gasteiger charge is -2.12. The third-order valence-corrected chi connectivity index (χ3v) is 5.12. The van der Waals surface area contributed by atoms with E-state index in [9.17, 15) is 9.59 Å². The van der Waals surface area contributed by atoms with Gasteiger partial charge in [-0.25, -0.2) is 4.98 Å². The Labute approximate surface area is 172 Å². The number of hydrogen-bond acceptors (Lipinski definition) is 4. The highest BCUT2D eigenvalue weighted by atomic mass is 16.5. The molecule has 0 fully saturated rings. The maximum atomic E-state index is 13.4. The number of ether oxygens (including phenoxy) is 1. The molecular formula is C24H17N3O3. The Balaban J connectivity index is 1.79. The number of aromatic nitrogens is 2. The van der Waals surface area contributed by atoms with Crippen molar-refractivity contribution < 1.29 is 9.53 Å². The lowest BCUT2D eigenvalue weighted by atomic mass is 10.1. The molecule has 4 aromatic rings. The van der Waals surface area contributed by atoms with Gasteiger partial charge < -0.3 is 10.1 Å². The average Bonchev–Trinajstić information content (AvgIpc) is 3.09. The van der Waals surface area contributed by atoms with Gasteiger partial charge >= 0.3 is 0 Å². The van der Waals surface area contributed by atoms with E-state index in [1.807, 2.05) is 36.4 Å². The number of amides is 1. The SMILES string of the molecule is COc1ccc(-n2c(/C=C3/C(=O)Nc4ccccc43)nc3ccccc3c2=O)cc1. The van der Waals surface area contributed by atoms with E-state index in [4.69, 9.17) is 9.72 Å². The molecule has 3 aromatic carbocycles. The fraction of sp³-hybridized carbons (Fsp3) is 0.0417. The van der Waals surface area contributed by atoms with E-state index in [0.717, 1.165) is 11.3 Å². The molecule has 1 N–H and O–H groups in total. The fourth-order valence-corrected chi connectivity index (χ4v) is 3.64. The van der Waals surface area contributed by atoms with Gasteiger partial charge in [0.1, 0.15) is 11.6 Å². The number of fused-ring (bicyclic) bond motifs is 2. The quantitative estimate of drug-likeness (QED) is 0.534. The van der Waals surface area contributed by atoms with Crippen LogP contribution in [0.4, 0.5) is 5.69 Å². The molecule has 0 aliphatic carbocycles. The summed E-state index contributed by atoms with van der Waals surface area (Å²) in [6, 6.07) is 21.8. The summed E-state index contributed by atoms with van der Waals surface area (Å²) >= 11 is 0. The standard InChI is InChI=1S/C24H17N3O3/c1-30-16-12-10-15(11-13-16)27-22(25-21-9-5-3-7-18(21)24(27)29)14-19-17-6-2-4-8-20(17)26-23(19)28/h2-14H,1H3,(H,26,28)/b19-14+. The van der Waals surface area contributed by atoms with Gasteiger partial charge in [-0.3, -0.25) is 14.2 Å². The van der Waals surface area contributed by atoms with E-state index in [1.165, 1.54) is 4.57 Å². The minimum atomic E-state index is -0.222. The van der Waals surface area contributed by atoms with Crippen molar-refractivity contribution in [1.82, 2.24) is 9.55 Å². The smallest absolute Gasteiger partial charge is 0.266 e. The number of carbonyl (C=O) groups excluding carboxylic acids is 1. The van der Waals surface area contributed by atoms with Gasteiger partial charge in [-0.1, -0.05) is 30.3 Å². The van der Waals surface area contributed by atoms with Crippen LogP contribution in [0.25, 0.3) is 28.2 Å². The number of anilines is 1. The molecule has 1 amide bonds. The lowest BCUT2D eigenvalue weighted by Crippen LogP contribution is -2.22. The minimum Gasteiger partial charge on any atom is -0.497 e. The van der Waals surface area contributed by atoms with Crippen molar-refractivity contribution in [3.8, 4) is 11.4 Å². The number of para-hydroxylation sites is 2. The minimum absolute atomic E-state index is 0.204. The topological polar surface area (TPSA) is 73.2 Å². The summed E-state index contributed by atoms with van der Waals surface area (Å²) in [5, 5.41) is 3.36. The zero-order valence-electron chi connectivity index (χ0n) is 16.1.